The second-order valence-corrected chi connectivity index (χ2v) is 6.75. The highest BCUT2D eigenvalue weighted by Crippen LogP contribution is 2.32. The summed E-state index contributed by atoms with van der Waals surface area (Å²) in [5.74, 6) is 1.08. The molecule has 0 radical (unpaired) electrons. The molecule has 3 rings (SSSR count). The Kier molecular flexibility index (Phi) is 5.45. The molecule has 0 bridgehead atoms. The Hall–Kier alpha value is -1.95. The molecule has 0 spiro atoms. The summed E-state index contributed by atoms with van der Waals surface area (Å²) in [6.45, 7) is 3.00. The molecule has 2 saturated heterocycles. The number of nitrogens with zero attached hydrogens (tertiary/aromatic N) is 3. The topological polar surface area (TPSA) is 62.7 Å². The van der Waals surface area contributed by atoms with Crippen molar-refractivity contribution in [3.63, 3.8) is 0 Å². The number of ether oxygens (including phenoxy) is 1. The van der Waals surface area contributed by atoms with Gasteiger partial charge < -0.3 is 14.5 Å². The zero-order valence-electron chi connectivity index (χ0n) is 14.2. The molecule has 6 nitrogen and oxygen atoms in total. The van der Waals surface area contributed by atoms with Gasteiger partial charge in [0.2, 0.25) is 11.8 Å². The van der Waals surface area contributed by atoms with Gasteiger partial charge >= 0.3 is 0 Å². The van der Waals surface area contributed by atoms with Crippen molar-refractivity contribution < 1.29 is 14.3 Å². The fourth-order valence-corrected chi connectivity index (χ4v) is 3.80. The Labute approximate surface area is 142 Å². The van der Waals surface area contributed by atoms with E-state index in [4.69, 9.17) is 4.74 Å². The smallest absolute Gasteiger partial charge is 0.248 e. The second-order valence-electron chi connectivity index (χ2n) is 6.75. The van der Waals surface area contributed by atoms with E-state index in [0.29, 0.717) is 24.8 Å². The minimum absolute atomic E-state index is 0.0544. The lowest BCUT2D eigenvalue weighted by Gasteiger charge is -2.37. The zero-order valence-corrected chi connectivity index (χ0v) is 14.2. The number of rotatable bonds is 4. The van der Waals surface area contributed by atoms with Gasteiger partial charge in [-0.1, -0.05) is 6.07 Å². The normalized spacial score (nSPS) is 24.5. The van der Waals surface area contributed by atoms with Gasteiger partial charge in [0, 0.05) is 52.1 Å². The van der Waals surface area contributed by atoms with Crippen molar-refractivity contribution in [3.05, 3.63) is 30.1 Å². The first kappa shape index (κ1) is 16.9. The number of methoxy groups -OCH3 is 1. The predicted molar refractivity (Wildman–Crippen MR) is 88.9 cm³/mol. The Bertz CT molecular complexity index is 578. The maximum Gasteiger partial charge on any atom is 0.248 e. The summed E-state index contributed by atoms with van der Waals surface area (Å²) < 4.78 is 4.96. The maximum absolute atomic E-state index is 12.6. The Morgan fingerprint density at radius 3 is 2.92 bits per heavy atom. The van der Waals surface area contributed by atoms with E-state index in [9.17, 15) is 9.59 Å². The molecule has 2 aliphatic heterocycles. The van der Waals surface area contributed by atoms with Crippen LogP contribution in [-0.2, 0) is 20.9 Å². The summed E-state index contributed by atoms with van der Waals surface area (Å²) >= 11 is 0. The monoisotopic (exact) mass is 331 g/mol. The predicted octanol–water partition coefficient (Wildman–Crippen LogP) is 1.32. The highest BCUT2D eigenvalue weighted by atomic mass is 16.5. The van der Waals surface area contributed by atoms with Crippen molar-refractivity contribution in [1.82, 2.24) is 14.8 Å². The summed E-state index contributed by atoms with van der Waals surface area (Å²) in [4.78, 5) is 32.6. The number of hydrogen-bond donors (Lipinski definition) is 0. The van der Waals surface area contributed by atoms with E-state index in [-0.39, 0.29) is 18.4 Å². The van der Waals surface area contributed by atoms with Gasteiger partial charge in [-0.05, 0) is 36.3 Å². The summed E-state index contributed by atoms with van der Waals surface area (Å²) in [5, 5.41) is 0. The number of likely N-dealkylation sites (tertiary alicyclic amines) is 2. The summed E-state index contributed by atoms with van der Waals surface area (Å²) in [6.07, 6.45) is 6.02. The SMILES string of the molecule is COCC(=O)N1CC[C@H]2CC(=O)N(Cc3cccnc3)CC[C@H]2C1. The van der Waals surface area contributed by atoms with Gasteiger partial charge in [0.15, 0.2) is 0 Å². The molecule has 1 aromatic rings. The molecule has 2 amide bonds. The molecule has 0 aromatic carbocycles. The fourth-order valence-electron chi connectivity index (χ4n) is 3.80. The van der Waals surface area contributed by atoms with Crippen LogP contribution in [0.15, 0.2) is 24.5 Å². The van der Waals surface area contributed by atoms with E-state index in [1.54, 1.807) is 13.3 Å². The molecule has 0 N–H and O–H groups in total. The number of hydrogen-bond acceptors (Lipinski definition) is 4. The number of amides is 2. The van der Waals surface area contributed by atoms with Crippen LogP contribution in [-0.4, -0.2) is 59.9 Å². The van der Waals surface area contributed by atoms with Gasteiger partial charge in [-0.25, -0.2) is 0 Å². The first-order chi connectivity index (χ1) is 11.7. The minimum atomic E-state index is 0.0544. The number of carbonyl (C=O) groups excluding carboxylic acids is 2. The molecule has 1 aromatic heterocycles. The van der Waals surface area contributed by atoms with Crippen LogP contribution in [0.25, 0.3) is 0 Å². The third kappa shape index (κ3) is 3.93. The van der Waals surface area contributed by atoms with Gasteiger partial charge in [0.25, 0.3) is 0 Å². The second kappa shape index (κ2) is 7.75. The van der Waals surface area contributed by atoms with Crippen LogP contribution in [0.4, 0.5) is 0 Å². The average molecular weight is 331 g/mol. The number of fused-ring (bicyclic) bond motifs is 1. The molecule has 6 heteroatoms. The van der Waals surface area contributed by atoms with Gasteiger partial charge in [-0.2, -0.15) is 0 Å². The fraction of sp³-hybridized carbons (Fsp3) is 0.611. The molecule has 2 aliphatic rings. The summed E-state index contributed by atoms with van der Waals surface area (Å²) in [7, 11) is 1.55. The summed E-state index contributed by atoms with van der Waals surface area (Å²) in [6, 6.07) is 3.90. The molecule has 24 heavy (non-hydrogen) atoms. The van der Waals surface area contributed by atoms with Gasteiger partial charge in [-0.15, -0.1) is 0 Å². The van der Waals surface area contributed by atoms with Gasteiger partial charge in [0.1, 0.15) is 6.61 Å². The van der Waals surface area contributed by atoms with Crippen LogP contribution in [0.1, 0.15) is 24.8 Å². The molecule has 0 aliphatic carbocycles. The first-order valence-corrected chi connectivity index (χ1v) is 8.60. The van der Waals surface area contributed by atoms with E-state index >= 15 is 0 Å². The quantitative estimate of drug-likeness (QED) is 0.835. The number of piperidine rings is 1. The third-order valence-corrected chi connectivity index (χ3v) is 5.17. The van der Waals surface area contributed by atoms with Crippen molar-refractivity contribution in [2.45, 2.75) is 25.8 Å². The highest BCUT2D eigenvalue weighted by molar-refractivity contribution is 5.78. The Morgan fingerprint density at radius 2 is 2.17 bits per heavy atom. The molecular weight excluding hydrogens is 306 g/mol. The number of carbonyl (C=O) groups is 2. The molecule has 2 fully saturated rings. The third-order valence-electron chi connectivity index (χ3n) is 5.17. The van der Waals surface area contributed by atoms with Gasteiger partial charge in [-0.3, -0.25) is 14.6 Å². The summed E-state index contributed by atoms with van der Waals surface area (Å²) in [5.41, 5.74) is 1.06. The van der Waals surface area contributed by atoms with Crippen LogP contribution in [0.2, 0.25) is 0 Å². The lowest BCUT2D eigenvalue weighted by atomic mass is 9.82. The van der Waals surface area contributed by atoms with Crippen molar-refractivity contribution in [2.24, 2.45) is 11.8 Å². The standard InChI is InChI=1S/C18H25N3O3/c1-24-13-18(23)21-7-4-15-9-17(22)20(8-5-16(15)12-21)11-14-3-2-6-19-10-14/h2-3,6,10,15-16H,4-5,7-9,11-13H2,1H3/t15-,16-/m0/s1. The molecule has 0 unspecified atom stereocenters. The minimum Gasteiger partial charge on any atom is -0.375 e. The van der Waals surface area contributed by atoms with Crippen LogP contribution < -0.4 is 0 Å². The zero-order chi connectivity index (χ0) is 16.9. The van der Waals surface area contributed by atoms with E-state index < -0.39 is 0 Å². The molecule has 2 atom stereocenters. The highest BCUT2D eigenvalue weighted by Gasteiger charge is 2.36. The van der Waals surface area contributed by atoms with Crippen LogP contribution >= 0.6 is 0 Å². The van der Waals surface area contributed by atoms with Crippen molar-refractivity contribution in [2.75, 3.05) is 33.4 Å². The lowest BCUT2D eigenvalue weighted by Crippen LogP contribution is -2.45. The van der Waals surface area contributed by atoms with E-state index in [1.807, 2.05) is 28.1 Å². The van der Waals surface area contributed by atoms with Crippen LogP contribution in [0.3, 0.4) is 0 Å². The van der Waals surface area contributed by atoms with E-state index in [2.05, 4.69) is 4.98 Å². The Morgan fingerprint density at radius 1 is 1.33 bits per heavy atom. The van der Waals surface area contributed by atoms with Crippen molar-refractivity contribution in [3.8, 4) is 0 Å². The molecule has 130 valence electrons. The van der Waals surface area contributed by atoms with Crippen molar-refractivity contribution >= 4 is 11.8 Å². The average Bonchev–Trinajstić information content (AvgIpc) is 2.75. The van der Waals surface area contributed by atoms with Crippen LogP contribution in [0, 0.1) is 11.8 Å². The van der Waals surface area contributed by atoms with Crippen molar-refractivity contribution in [1.29, 1.82) is 0 Å². The van der Waals surface area contributed by atoms with E-state index in [1.165, 1.54) is 0 Å². The lowest BCUT2D eigenvalue weighted by molar-refractivity contribution is -0.138. The largest absolute Gasteiger partial charge is 0.375 e. The first-order valence-electron chi connectivity index (χ1n) is 8.60. The molecule has 0 saturated carbocycles. The number of aromatic nitrogens is 1. The Balaban J connectivity index is 1.62. The number of pyridine rings is 1. The molecular formula is C18H25N3O3. The van der Waals surface area contributed by atoms with E-state index in [0.717, 1.165) is 38.0 Å². The van der Waals surface area contributed by atoms with Gasteiger partial charge in [0.05, 0.1) is 0 Å². The van der Waals surface area contributed by atoms with Crippen LogP contribution in [0.5, 0.6) is 0 Å². The molecule has 3 heterocycles. The maximum atomic E-state index is 12.6.